The lowest BCUT2D eigenvalue weighted by Crippen LogP contribution is -2.26. The van der Waals surface area contributed by atoms with E-state index < -0.39 is 4.75 Å². The minimum Gasteiger partial charge on any atom is -0.324 e. The molecule has 0 aromatic heterocycles. The molecular formula is C10H11NOS. The number of carbonyl (C=O) groups excluding carboxylic acids is 1. The highest BCUT2D eigenvalue weighted by Crippen LogP contribution is 2.43. The highest BCUT2D eigenvalue weighted by molar-refractivity contribution is 8.00. The monoisotopic (exact) mass is 193 g/mol. The van der Waals surface area contributed by atoms with Gasteiger partial charge in [0.2, 0.25) is 5.91 Å². The number of amides is 1. The highest BCUT2D eigenvalue weighted by Gasteiger charge is 2.41. The van der Waals surface area contributed by atoms with Crippen molar-refractivity contribution in [2.45, 2.75) is 11.7 Å². The largest absolute Gasteiger partial charge is 0.324 e. The number of para-hydroxylation sites is 1. The molecule has 1 N–H and O–H groups in total. The lowest BCUT2D eigenvalue weighted by molar-refractivity contribution is -0.117. The van der Waals surface area contributed by atoms with Crippen LogP contribution in [0.2, 0.25) is 0 Å². The summed E-state index contributed by atoms with van der Waals surface area (Å²) < 4.78 is -0.406. The number of carbonyl (C=O) groups is 1. The summed E-state index contributed by atoms with van der Waals surface area (Å²) in [7, 11) is 0. The van der Waals surface area contributed by atoms with Gasteiger partial charge in [0.1, 0.15) is 4.75 Å². The van der Waals surface area contributed by atoms with Crippen molar-refractivity contribution in [1.29, 1.82) is 0 Å². The van der Waals surface area contributed by atoms with Crippen molar-refractivity contribution in [3.8, 4) is 0 Å². The summed E-state index contributed by atoms with van der Waals surface area (Å²) in [6.45, 7) is 1.96. The molecule has 0 fully saturated rings. The molecule has 2 rings (SSSR count). The normalized spacial score (nSPS) is 25.5. The minimum absolute atomic E-state index is 0.0844. The Kier molecular flexibility index (Phi) is 1.84. The third-order valence-electron chi connectivity index (χ3n) is 2.53. The molecule has 2 nitrogen and oxygen atoms in total. The lowest BCUT2D eigenvalue weighted by Gasteiger charge is -2.18. The predicted octanol–water partition coefficient (Wildman–Crippen LogP) is 2.22. The summed E-state index contributed by atoms with van der Waals surface area (Å²) in [5.41, 5.74) is 2.04. The van der Waals surface area contributed by atoms with Gasteiger partial charge in [-0.3, -0.25) is 4.79 Å². The van der Waals surface area contributed by atoms with E-state index in [4.69, 9.17) is 0 Å². The Hall–Kier alpha value is -0.960. The molecule has 0 bridgehead atoms. The van der Waals surface area contributed by atoms with Crippen LogP contribution in [-0.2, 0) is 9.54 Å². The van der Waals surface area contributed by atoms with Gasteiger partial charge in [-0.15, -0.1) is 11.8 Å². The Balaban J connectivity index is 2.59. The molecule has 0 saturated carbocycles. The van der Waals surface area contributed by atoms with Crippen molar-refractivity contribution in [2.24, 2.45) is 0 Å². The first-order valence-corrected chi connectivity index (χ1v) is 5.37. The van der Waals surface area contributed by atoms with E-state index in [0.29, 0.717) is 0 Å². The number of anilines is 1. The van der Waals surface area contributed by atoms with Crippen molar-refractivity contribution >= 4 is 23.4 Å². The quantitative estimate of drug-likeness (QED) is 0.741. The van der Waals surface area contributed by atoms with E-state index in [1.54, 1.807) is 11.8 Å². The van der Waals surface area contributed by atoms with E-state index in [1.165, 1.54) is 0 Å². The summed E-state index contributed by atoms with van der Waals surface area (Å²) >= 11 is 1.57. The molecule has 1 aliphatic heterocycles. The Bertz CT molecular complexity index is 364. The van der Waals surface area contributed by atoms with Crippen LogP contribution in [0.5, 0.6) is 0 Å². The van der Waals surface area contributed by atoms with Gasteiger partial charge in [-0.2, -0.15) is 0 Å². The molecule has 3 heteroatoms. The number of fused-ring (bicyclic) bond motifs is 1. The molecular weight excluding hydrogens is 182 g/mol. The average molecular weight is 193 g/mol. The first-order valence-electron chi connectivity index (χ1n) is 4.14. The Morgan fingerprint density at radius 2 is 2.08 bits per heavy atom. The van der Waals surface area contributed by atoms with Crippen LogP contribution in [0.4, 0.5) is 5.69 Å². The summed E-state index contributed by atoms with van der Waals surface area (Å²) in [5.74, 6) is 0.0844. The first-order chi connectivity index (χ1) is 6.18. The SMILES string of the molecule is CSC1(C)C(=O)Nc2ccccc21. The zero-order chi connectivity index (χ0) is 9.47. The molecule has 1 unspecified atom stereocenters. The van der Waals surface area contributed by atoms with Crippen LogP contribution in [0.25, 0.3) is 0 Å². The number of benzene rings is 1. The molecule has 1 amide bonds. The summed E-state index contributed by atoms with van der Waals surface area (Å²) in [6, 6.07) is 7.84. The Morgan fingerprint density at radius 1 is 1.38 bits per heavy atom. The Morgan fingerprint density at radius 3 is 2.77 bits per heavy atom. The maximum absolute atomic E-state index is 11.7. The smallest absolute Gasteiger partial charge is 0.244 e. The van der Waals surface area contributed by atoms with E-state index in [0.717, 1.165) is 11.3 Å². The topological polar surface area (TPSA) is 29.1 Å². The van der Waals surface area contributed by atoms with E-state index in [1.807, 2.05) is 37.4 Å². The second-order valence-corrected chi connectivity index (χ2v) is 4.46. The second kappa shape index (κ2) is 2.77. The van der Waals surface area contributed by atoms with Crippen LogP contribution in [0.1, 0.15) is 12.5 Å². The maximum Gasteiger partial charge on any atom is 0.244 e. The van der Waals surface area contributed by atoms with Gasteiger partial charge in [-0.05, 0) is 19.2 Å². The van der Waals surface area contributed by atoms with Crippen molar-refractivity contribution in [3.63, 3.8) is 0 Å². The molecule has 0 spiro atoms. The van der Waals surface area contributed by atoms with Crippen LogP contribution in [0.3, 0.4) is 0 Å². The zero-order valence-corrected chi connectivity index (χ0v) is 8.44. The van der Waals surface area contributed by atoms with Gasteiger partial charge in [-0.25, -0.2) is 0 Å². The van der Waals surface area contributed by atoms with Crippen LogP contribution < -0.4 is 5.32 Å². The van der Waals surface area contributed by atoms with Crippen LogP contribution >= 0.6 is 11.8 Å². The fourth-order valence-electron chi connectivity index (χ4n) is 1.57. The fraction of sp³-hybridized carbons (Fsp3) is 0.300. The van der Waals surface area contributed by atoms with Gasteiger partial charge < -0.3 is 5.32 Å². The number of rotatable bonds is 1. The van der Waals surface area contributed by atoms with E-state index in [9.17, 15) is 4.79 Å². The van der Waals surface area contributed by atoms with E-state index >= 15 is 0 Å². The summed E-state index contributed by atoms with van der Waals surface area (Å²) in [4.78, 5) is 11.7. The number of hydrogen-bond donors (Lipinski definition) is 1. The van der Waals surface area contributed by atoms with Gasteiger partial charge >= 0.3 is 0 Å². The lowest BCUT2D eigenvalue weighted by atomic mass is 10.0. The summed E-state index contributed by atoms with van der Waals surface area (Å²) in [6.07, 6.45) is 1.96. The minimum atomic E-state index is -0.406. The van der Waals surface area contributed by atoms with E-state index in [-0.39, 0.29) is 5.91 Å². The molecule has 1 atom stereocenters. The highest BCUT2D eigenvalue weighted by atomic mass is 32.2. The van der Waals surface area contributed by atoms with Crippen LogP contribution in [0.15, 0.2) is 24.3 Å². The third kappa shape index (κ3) is 1.07. The van der Waals surface area contributed by atoms with Crippen molar-refractivity contribution in [2.75, 3.05) is 11.6 Å². The summed E-state index contributed by atoms with van der Waals surface area (Å²) in [5, 5.41) is 2.88. The van der Waals surface area contributed by atoms with Crippen molar-refractivity contribution in [1.82, 2.24) is 0 Å². The molecule has 1 aromatic carbocycles. The third-order valence-corrected chi connectivity index (χ3v) is 3.75. The molecule has 0 saturated heterocycles. The van der Waals surface area contributed by atoms with Gasteiger partial charge in [0.05, 0.1) is 0 Å². The molecule has 0 radical (unpaired) electrons. The maximum atomic E-state index is 11.7. The van der Waals surface area contributed by atoms with Crippen molar-refractivity contribution < 1.29 is 4.79 Å². The molecule has 0 aliphatic carbocycles. The number of thioether (sulfide) groups is 1. The molecule has 13 heavy (non-hydrogen) atoms. The van der Waals surface area contributed by atoms with Crippen LogP contribution in [-0.4, -0.2) is 12.2 Å². The van der Waals surface area contributed by atoms with Gasteiger partial charge in [-0.1, -0.05) is 18.2 Å². The van der Waals surface area contributed by atoms with E-state index in [2.05, 4.69) is 5.32 Å². The Labute approximate surface area is 81.7 Å². The predicted molar refractivity (Wildman–Crippen MR) is 55.9 cm³/mol. The van der Waals surface area contributed by atoms with Crippen molar-refractivity contribution in [3.05, 3.63) is 29.8 Å². The molecule has 1 heterocycles. The average Bonchev–Trinajstić information content (AvgIpc) is 2.41. The van der Waals surface area contributed by atoms with Crippen LogP contribution in [0, 0.1) is 0 Å². The molecule has 68 valence electrons. The number of hydrogen-bond acceptors (Lipinski definition) is 2. The molecule has 1 aliphatic rings. The standard InChI is InChI=1S/C10H11NOS/c1-10(13-2)7-5-3-4-6-8(7)11-9(10)12/h3-6H,1-2H3,(H,11,12). The zero-order valence-electron chi connectivity index (χ0n) is 7.63. The van der Waals surface area contributed by atoms with Gasteiger partial charge in [0.25, 0.3) is 0 Å². The fourth-order valence-corrected chi connectivity index (χ4v) is 2.21. The number of nitrogens with one attached hydrogen (secondary N) is 1. The molecule has 1 aromatic rings. The van der Waals surface area contributed by atoms with Gasteiger partial charge in [0.15, 0.2) is 0 Å². The first kappa shape index (κ1) is 8.63. The van der Waals surface area contributed by atoms with Gasteiger partial charge in [0, 0.05) is 11.3 Å². The second-order valence-electron chi connectivity index (χ2n) is 3.24.